The summed E-state index contributed by atoms with van der Waals surface area (Å²) < 4.78 is 0. The lowest BCUT2D eigenvalue weighted by Gasteiger charge is -2.39. The quantitative estimate of drug-likeness (QED) is 0.464. The Morgan fingerprint density at radius 3 is 2.65 bits per heavy atom. The number of carbonyl (C=O) groups excluding carboxylic acids is 1. The van der Waals surface area contributed by atoms with Crippen molar-refractivity contribution in [2.45, 2.75) is 51.0 Å². The zero-order valence-corrected chi connectivity index (χ0v) is 14.7. The molecule has 0 bridgehead atoms. The van der Waals surface area contributed by atoms with Gasteiger partial charge in [0.15, 0.2) is 5.96 Å². The number of carbonyl (C=O) groups is 1. The fraction of sp³-hybridized carbons (Fsp3) is 0.778. The lowest BCUT2D eigenvalue weighted by Crippen LogP contribution is -2.47. The van der Waals surface area contributed by atoms with E-state index in [0.29, 0.717) is 12.6 Å². The molecule has 3 unspecified atom stereocenters. The zero-order valence-electron chi connectivity index (χ0n) is 14.7. The van der Waals surface area contributed by atoms with Gasteiger partial charge in [0.2, 0.25) is 5.91 Å². The van der Waals surface area contributed by atoms with E-state index in [9.17, 15) is 4.79 Å². The highest BCUT2D eigenvalue weighted by Gasteiger charge is 2.32. The molecule has 0 aliphatic heterocycles. The third-order valence-electron chi connectivity index (χ3n) is 5.17. The highest BCUT2D eigenvalue weighted by atomic mass is 16.2. The Kier molecular flexibility index (Phi) is 6.93. The standard InChI is InChI=1S/C18H32N4O/c1-4-11-19-18(20-13-17(23)22(2)3)21-16-10-9-14-7-5-6-8-15(14)12-16/h4,14-16H,1,5-13H2,2-3H3,(H2,19,20,21). The molecule has 2 rings (SSSR count). The molecular formula is C18H32N4O. The third-order valence-corrected chi connectivity index (χ3v) is 5.17. The summed E-state index contributed by atoms with van der Waals surface area (Å²) in [4.78, 5) is 17.8. The maximum atomic E-state index is 11.7. The number of nitrogens with one attached hydrogen (secondary N) is 2. The predicted octanol–water partition coefficient (Wildman–Crippen LogP) is 2.15. The number of rotatable bonds is 5. The molecule has 0 aromatic heterocycles. The first-order valence-electron chi connectivity index (χ1n) is 8.96. The monoisotopic (exact) mass is 320 g/mol. The van der Waals surface area contributed by atoms with Crippen LogP contribution in [0.1, 0.15) is 44.9 Å². The maximum absolute atomic E-state index is 11.7. The Balaban J connectivity index is 1.90. The summed E-state index contributed by atoms with van der Waals surface area (Å²) in [5.74, 6) is 2.57. The topological polar surface area (TPSA) is 56.7 Å². The molecule has 5 heteroatoms. The van der Waals surface area contributed by atoms with Gasteiger partial charge in [-0.05, 0) is 31.1 Å². The SMILES string of the molecule is C=CCNC(=NCC(=O)N(C)C)NC1CCC2CCCCC2C1. The van der Waals surface area contributed by atoms with Gasteiger partial charge in [0, 0.05) is 26.7 Å². The van der Waals surface area contributed by atoms with Crippen LogP contribution in [0.2, 0.25) is 0 Å². The van der Waals surface area contributed by atoms with E-state index in [2.05, 4.69) is 22.2 Å². The average molecular weight is 320 g/mol. The summed E-state index contributed by atoms with van der Waals surface area (Å²) in [6.45, 7) is 4.57. The molecule has 23 heavy (non-hydrogen) atoms. The first-order valence-corrected chi connectivity index (χ1v) is 8.96. The predicted molar refractivity (Wildman–Crippen MR) is 95.4 cm³/mol. The van der Waals surface area contributed by atoms with Gasteiger partial charge in [0.1, 0.15) is 6.54 Å². The minimum absolute atomic E-state index is 0.0145. The molecule has 0 aromatic rings. The molecule has 2 N–H and O–H groups in total. The number of nitrogens with zero attached hydrogens (tertiary/aromatic N) is 2. The molecule has 0 heterocycles. The van der Waals surface area contributed by atoms with E-state index in [0.717, 1.165) is 17.8 Å². The van der Waals surface area contributed by atoms with Crippen molar-refractivity contribution in [2.75, 3.05) is 27.2 Å². The van der Waals surface area contributed by atoms with Crippen LogP contribution in [-0.4, -0.2) is 50.0 Å². The van der Waals surface area contributed by atoms with Crippen molar-refractivity contribution in [3.05, 3.63) is 12.7 Å². The van der Waals surface area contributed by atoms with Crippen LogP contribution in [0, 0.1) is 11.8 Å². The van der Waals surface area contributed by atoms with E-state index in [4.69, 9.17) is 0 Å². The van der Waals surface area contributed by atoms with Gasteiger partial charge in [-0.15, -0.1) is 6.58 Å². The van der Waals surface area contributed by atoms with Crippen LogP contribution in [0.25, 0.3) is 0 Å². The van der Waals surface area contributed by atoms with Crippen LogP contribution in [0.15, 0.2) is 17.6 Å². The fourth-order valence-electron chi connectivity index (χ4n) is 3.81. The molecular weight excluding hydrogens is 288 g/mol. The van der Waals surface area contributed by atoms with E-state index in [1.807, 2.05) is 6.08 Å². The lowest BCUT2D eigenvalue weighted by atomic mass is 9.69. The number of fused-ring (bicyclic) bond motifs is 1. The van der Waals surface area contributed by atoms with Crippen LogP contribution >= 0.6 is 0 Å². The third kappa shape index (κ3) is 5.56. The molecule has 0 radical (unpaired) electrons. The van der Waals surface area contributed by atoms with E-state index < -0.39 is 0 Å². The van der Waals surface area contributed by atoms with Crippen molar-refractivity contribution in [1.29, 1.82) is 0 Å². The van der Waals surface area contributed by atoms with Gasteiger partial charge >= 0.3 is 0 Å². The Bertz CT molecular complexity index is 433. The molecule has 2 aliphatic carbocycles. The lowest BCUT2D eigenvalue weighted by molar-refractivity contribution is -0.127. The van der Waals surface area contributed by atoms with Crippen molar-refractivity contribution in [3.63, 3.8) is 0 Å². The van der Waals surface area contributed by atoms with Gasteiger partial charge in [0.25, 0.3) is 0 Å². The molecule has 1 amide bonds. The van der Waals surface area contributed by atoms with E-state index in [-0.39, 0.29) is 12.5 Å². The number of hydrogen-bond donors (Lipinski definition) is 2. The van der Waals surface area contributed by atoms with Crippen molar-refractivity contribution >= 4 is 11.9 Å². The molecule has 3 atom stereocenters. The van der Waals surface area contributed by atoms with Crippen LogP contribution in [0.4, 0.5) is 0 Å². The molecule has 2 aliphatic rings. The summed E-state index contributed by atoms with van der Waals surface area (Å²) in [6, 6.07) is 0.472. The van der Waals surface area contributed by atoms with Gasteiger partial charge in [-0.2, -0.15) is 0 Å². The Morgan fingerprint density at radius 1 is 1.22 bits per heavy atom. The van der Waals surface area contributed by atoms with E-state index in [1.54, 1.807) is 19.0 Å². The Morgan fingerprint density at radius 2 is 1.96 bits per heavy atom. The first-order chi connectivity index (χ1) is 11.1. The Hall–Kier alpha value is -1.52. The highest BCUT2D eigenvalue weighted by molar-refractivity contribution is 5.85. The molecule has 0 spiro atoms. The largest absolute Gasteiger partial charge is 0.354 e. The van der Waals surface area contributed by atoms with E-state index in [1.165, 1.54) is 44.9 Å². The number of hydrogen-bond acceptors (Lipinski definition) is 2. The van der Waals surface area contributed by atoms with Gasteiger partial charge in [-0.1, -0.05) is 31.8 Å². The second kappa shape index (κ2) is 8.94. The summed E-state index contributed by atoms with van der Waals surface area (Å²) in [5, 5.41) is 6.77. The van der Waals surface area contributed by atoms with Gasteiger partial charge < -0.3 is 15.5 Å². The Labute approximate surface area is 140 Å². The van der Waals surface area contributed by atoms with Crippen LogP contribution < -0.4 is 10.6 Å². The highest BCUT2D eigenvalue weighted by Crippen LogP contribution is 2.40. The average Bonchev–Trinajstić information content (AvgIpc) is 2.56. The summed E-state index contributed by atoms with van der Waals surface area (Å²) in [5.41, 5.74) is 0. The van der Waals surface area contributed by atoms with Crippen LogP contribution in [0.3, 0.4) is 0 Å². The summed E-state index contributed by atoms with van der Waals surface area (Å²) in [6.07, 6.45) is 11.2. The van der Waals surface area contributed by atoms with Crippen molar-refractivity contribution in [2.24, 2.45) is 16.8 Å². The second-order valence-electron chi connectivity index (χ2n) is 7.08. The van der Waals surface area contributed by atoms with Crippen molar-refractivity contribution in [3.8, 4) is 0 Å². The van der Waals surface area contributed by atoms with Crippen molar-refractivity contribution in [1.82, 2.24) is 15.5 Å². The van der Waals surface area contributed by atoms with Crippen LogP contribution in [-0.2, 0) is 4.79 Å². The molecule has 5 nitrogen and oxygen atoms in total. The van der Waals surface area contributed by atoms with Crippen molar-refractivity contribution < 1.29 is 4.79 Å². The van der Waals surface area contributed by atoms with Gasteiger partial charge in [-0.25, -0.2) is 4.99 Å². The molecule has 130 valence electrons. The minimum atomic E-state index is 0.0145. The summed E-state index contributed by atoms with van der Waals surface area (Å²) in [7, 11) is 3.51. The van der Waals surface area contributed by atoms with Gasteiger partial charge in [-0.3, -0.25) is 4.79 Å². The molecule has 0 aromatic carbocycles. The van der Waals surface area contributed by atoms with Crippen LogP contribution in [0.5, 0.6) is 0 Å². The molecule has 2 fully saturated rings. The minimum Gasteiger partial charge on any atom is -0.354 e. The second-order valence-corrected chi connectivity index (χ2v) is 7.08. The number of likely N-dealkylation sites (N-methyl/N-ethyl adjacent to an activating group) is 1. The smallest absolute Gasteiger partial charge is 0.243 e. The van der Waals surface area contributed by atoms with Gasteiger partial charge in [0.05, 0.1) is 0 Å². The zero-order chi connectivity index (χ0) is 16.7. The normalized spacial score (nSPS) is 27.7. The molecule has 2 saturated carbocycles. The fourth-order valence-corrected chi connectivity index (χ4v) is 3.81. The number of guanidine groups is 1. The first kappa shape index (κ1) is 17.8. The molecule has 0 saturated heterocycles. The number of amides is 1. The maximum Gasteiger partial charge on any atom is 0.243 e. The number of aliphatic imine (C=N–C) groups is 1. The van der Waals surface area contributed by atoms with E-state index >= 15 is 0 Å². The summed E-state index contributed by atoms with van der Waals surface area (Å²) >= 11 is 0.